The Hall–Kier alpha value is -0.290. The molecule has 0 aliphatic carbocycles. The first kappa shape index (κ1) is 13.8. The Morgan fingerprint density at radius 1 is 1.56 bits per heavy atom. The summed E-state index contributed by atoms with van der Waals surface area (Å²) in [6.45, 7) is 0.919. The molecule has 0 spiro atoms. The van der Waals surface area contributed by atoms with Crippen molar-refractivity contribution in [2.45, 2.75) is 12.5 Å². The standard InChI is InChI=1S/C10H10BrClN2O.ClH/c11-7-5-6(1-2-8(7)12)14-10(15)9-3-4-13-9;/h1-2,5,9,13H,3-4H2,(H,14,15);1H/t9-;/m1./s1. The highest BCUT2D eigenvalue weighted by molar-refractivity contribution is 9.10. The van der Waals surface area contributed by atoms with Gasteiger partial charge in [-0.25, -0.2) is 0 Å². The van der Waals surface area contributed by atoms with E-state index in [9.17, 15) is 4.79 Å². The van der Waals surface area contributed by atoms with Crippen LogP contribution in [0.5, 0.6) is 0 Å². The van der Waals surface area contributed by atoms with Gasteiger partial charge in [0, 0.05) is 10.2 Å². The van der Waals surface area contributed by atoms with Gasteiger partial charge in [0.15, 0.2) is 0 Å². The molecule has 2 rings (SSSR count). The zero-order valence-corrected chi connectivity index (χ0v) is 11.5. The van der Waals surface area contributed by atoms with Gasteiger partial charge in [-0.1, -0.05) is 11.6 Å². The molecule has 0 bridgehead atoms. The molecular formula is C10H11BrCl2N2O. The van der Waals surface area contributed by atoms with Crippen LogP contribution in [0.1, 0.15) is 6.42 Å². The Bertz CT molecular complexity index is 396. The van der Waals surface area contributed by atoms with Gasteiger partial charge in [0.05, 0.1) is 11.1 Å². The second kappa shape index (κ2) is 5.87. The number of rotatable bonds is 2. The number of halogens is 3. The number of nitrogens with one attached hydrogen (secondary N) is 2. The second-order valence-electron chi connectivity index (χ2n) is 3.41. The van der Waals surface area contributed by atoms with Crippen molar-refractivity contribution in [3.05, 3.63) is 27.7 Å². The van der Waals surface area contributed by atoms with E-state index in [1.807, 2.05) is 0 Å². The molecule has 1 fully saturated rings. The third kappa shape index (κ3) is 3.10. The first-order chi connectivity index (χ1) is 7.16. The highest BCUT2D eigenvalue weighted by Crippen LogP contribution is 2.25. The van der Waals surface area contributed by atoms with Crippen LogP contribution >= 0.6 is 39.9 Å². The maximum atomic E-state index is 11.6. The van der Waals surface area contributed by atoms with E-state index < -0.39 is 0 Å². The fraction of sp³-hybridized carbons (Fsp3) is 0.300. The summed E-state index contributed by atoms with van der Waals surface area (Å²) in [6.07, 6.45) is 0.903. The zero-order valence-electron chi connectivity index (χ0n) is 8.30. The summed E-state index contributed by atoms with van der Waals surface area (Å²) in [4.78, 5) is 11.6. The molecule has 88 valence electrons. The quantitative estimate of drug-likeness (QED) is 0.878. The van der Waals surface area contributed by atoms with Crippen molar-refractivity contribution >= 4 is 51.5 Å². The molecule has 1 saturated heterocycles. The smallest absolute Gasteiger partial charge is 0.241 e. The van der Waals surface area contributed by atoms with Crippen LogP contribution < -0.4 is 10.6 Å². The topological polar surface area (TPSA) is 41.1 Å². The molecule has 1 aromatic rings. The number of anilines is 1. The van der Waals surface area contributed by atoms with Crippen LogP contribution in [-0.4, -0.2) is 18.5 Å². The fourth-order valence-corrected chi connectivity index (χ4v) is 1.81. The average molecular weight is 326 g/mol. The predicted octanol–water partition coefficient (Wildman–Crippen LogP) is 2.82. The molecule has 1 aliphatic rings. The maximum Gasteiger partial charge on any atom is 0.241 e. The third-order valence-corrected chi connectivity index (χ3v) is 3.54. The molecule has 1 heterocycles. The SMILES string of the molecule is Cl.O=C(Nc1ccc(Cl)c(Br)c1)[C@H]1CCN1. The molecule has 2 N–H and O–H groups in total. The molecule has 0 radical (unpaired) electrons. The van der Waals surface area contributed by atoms with Crippen LogP contribution in [0, 0.1) is 0 Å². The van der Waals surface area contributed by atoms with E-state index >= 15 is 0 Å². The van der Waals surface area contributed by atoms with Crippen LogP contribution in [0.25, 0.3) is 0 Å². The van der Waals surface area contributed by atoms with E-state index in [2.05, 4.69) is 26.6 Å². The summed E-state index contributed by atoms with van der Waals surface area (Å²) in [6, 6.07) is 5.28. The molecule has 1 amide bonds. The van der Waals surface area contributed by atoms with E-state index in [0.29, 0.717) is 5.02 Å². The summed E-state index contributed by atoms with van der Waals surface area (Å²) in [5.74, 6) is 0.00970. The van der Waals surface area contributed by atoms with Gasteiger partial charge in [0.1, 0.15) is 0 Å². The zero-order chi connectivity index (χ0) is 10.8. The lowest BCUT2D eigenvalue weighted by Crippen LogP contribution is -2.50. The Kier molecular flexibility index (Phi) is 5.05. The van der Waals surface area contributed by atoms with E-state index in [1.54, 1.807) is 18.2 Å². The summed E-state index contributed by atoms with van der Waals surface area (Å²) < 4.78 is 0.781. The van der Waals surface area contributed by atoms with Crippen molar-refractivity contribution in [3.8, 4) is 0 Å². The lowest BCUT2D eigenvalue weighted by molar-refractivity contribution is -0.119. The normalized spacial score (nSPS) is 18.2. The minimum Gasteiger partial charge on any atom is -0.325 e. The van der Waals surface area contributed by atoms with E-state index in [4.69, 9.17) is 11.6 Å². The average Bonchev–Trinajstić information content (AvgIpc) is 2.08. The van der Waals surface area contributed by atoms with Gasteiger partial charge in [-0.05, 0) is 47.1 Å². The number of amides is 1. The molecule has 1 aromatic carbocycles. The molecule has 3 nitrogen and oxygen atoms in total. The molecule has 1 aliphatic heterocycles. The van der Waals surface area contributed by atoms with Crippen LogP contribution in [0.15, 0.2) is 22.7 Å². The van der Waals surface area contributed by atoms with Crippen molar-refractivity contribution < 1.29 is 4.79 Å². The van der Waals surface area contributed by atoms with Gasteiger partial charge in [-0.2, -0.15) is 0 Å². The highest BCUT2D eigenvalue weighted by atomic mass is 79.9. The van der Waals surface area contributed by atoms with Crippen LogP contribution in [0.4, 0.5) is 5.69 Å². The van der Waals surface area contributed by atoms with E-state index in [1.165, 1.54) is 0 Å². The van der Waals surface area contributed by atoms with Crippen molar-refractivity contribution in [2.75, 3.05) is 11.9 Å². The largest absolute Gasteiger partial charge is 0.325 e. The van der Waals surface area contributed by atoms with Crippen molar-refractivity contribution in [1.29, 1.82) is 0 Å². The Morgan fingerprint density at radius 2 is 2.25 bits per heavy atom. The van der Waals surface area contributed by atoms with E-state index in [-0.39, 0.29) is 24.4 Å². The molecule has 6 heteroatoms. The molecule has 1 atom stereocenters. The Balaban J connectivity index is 0.00000128. The Morgan fingerprint density at radius 3 is 2.75 bits per heavy atom. The van der Waals surface area contributed by atoms with Gasteiger partial charge in [0.25, 0.3) is 0 Å². The van der Waals surface area contributed by atoms with Crippen LogP contribution in [-0.2, 0) is 4.79 Å². The van der Waals surface area contributed by atoms with Gasteiger partial charge in [0.2, 0.25) is 5.91 Å². The summed E-state index contributed by atoms with van der Waals surface area (Å²) in [5.41, 5.74) is 0.755. The van der Waals surface area contributed by atoms with Crippen LogP contribution in [0.3, 0.4) is 0 Å². The van der Waals surface area contributed by atoms with Crippen molar-refractivity contribution in [2.24, 2.45) is 0 Å². The van der Waals surface area contributed by atoms with Crippen molar-refractivity contribution in [1.82, 2.24) is 5.32 Å². The number of carbonyl (C=O) groups excluding carboxylic acids is 1. The van der Waals surface area contributed by atoms with Gasteiger partial charge >= 0.3 is 0 Å². The predicted molar refractivity (Wildman–Crippen MR) is 71.4 cm³/mol. The highest BCUT2D eigenvalue weighted by Gasteiger charge is 2.24. The summed E-state index contributed by atoms with van der Waals surface area (Å²) >= 11 is 9.15. The third-order valence-electron chi connectivity index (χ3n) is 2.33. The first-order valence-corrected chi connectivity index (χ1v) is 5.83. The van der Waals surface area contributed by atoms with Gasteiger partial charge < -0.3 is 10.6 Å². The Labute approximate surface area is 113 Å². The fourth-order valence-electron chi connectivity index (χ4n) is 1.32. The van der Waals surface area contributed by atoms with E-state index in [0.717, 1.165) is 23.1 Å². The van der Waals surface area contributed by atoms with Gasteiger partial charge in [-0.15, -0.1) is 12.4 Å². The minimum absolute atomic E-state index is 0. The molecule has 0 unspecified atom stereocenters. The molecule has 0 aromatic heterocycles. The maximum absolute atomic E-state index is 11.6. The molecule has 16 heavy (non-hydrogen) atoms. The van der Waals surface area contributed by atoms with Crippen molar-refractivity contribution in [3.63, 3.8) is 0 Å². The molecule has 0 saturated carbocycles. The summed E-state index contributed by atoms with van der Waals surface area (Å²) in [5, 5.41) is 6.50. The van der Waals surface area contributed by atoms with Gasteiger partial charge in [-0.3, -0.25) is 4.79 Å². The van der Waals surface area contributed by atoms with Crippen LogP contribution in [0.2, 0.25) is 5.02 Å². The summed E-state index contributed by atoms with van der Waals surface area (Å²) in [7, 11) is 0. The second-order valence-corrected chi connectivity index (χ2v) is 4.68. The minimum atomic E-state index is -0.0422. The monoisotopic (exact) mass is 324 g/mol. The lowest BCUT2D eigenvalue weighted by Gasteiger charge is -2.26. The lowest BCUT2D eigenvalue weighted by atomic mass is 10.1. The number of carbonyl (C=O) groups is 1. The number of hydrogen-bond acceptors (Lipinski definition) is 2. The molecular weight excluding hydrogens is 315 g/mol. The first-order valence-electron chi connectivity index (χ1n) is 4.66. The number of hydrogen-bond donors (Lipinski definition) is 2. The number of benzene rings is 1.